The number of carbonyl (C=O) groups excluding carboxylic acids is 1. The molecule has 3 heteroatoms. The van der Waals surface area contributed by atoms with E-state index in [2.05, 4.69) is 11.0 Å². The summed E-state index contributed by atoms with van der Waals surface area (Å²) < 4.78 is 6.18. The van der Waals surface area contributed by atoms with E-state index < -0.39 is 11.0 Å². The number of esters is 1. The van der Waals surface area contributed by atoms with Gasteiger partial charge in [0.1, 0.15) is 5.41 Å². The Labute approximate surface area is 142 Å². The third kappa shape index (κ3) is 1.63. The van der Waals surface area contributed by atoms with Crippen LogP contribution in [0.25, 0.3) is 0 Å². The Kier molecular flexibility index (Phi) is 2.93. The number of ether oxygens (including phenoxy) is 1. The fourth-order valence-electron chi connectivity index (χ4n) is 5.03. The van der Waals surface area contributed by atoms with Gasteiger partial charge in [0.2, 0.25) is 0 Å². The Hall–Kier alpha value is -2.13. The Morgan fingerprint density at radius 3 is 2.79 bits per heavy atom. The number of fused-ring (bicyclic) bond motifs is 4. The molecule has 1 spiro atoms. The lowest BCUT2D eigenvalue weighted by Gasteiger charge is -2.57. The van der Waals surface area contributed by atoms with Crippen LogP contribution in [0.1, 0.15) is 24.8 Å². The van der Waals surface area contributed by atoms with E-state index in [9.17, 15) is 4.79 Å². The minimum Gasteiger partial charge on any atom is -0.450 e. The van der Waals surface area contributed by atoms with E-state index in [1.54, 1.807) is 0 Å². The number of benzene rings is 1. The van der Waals surface area contributed by atoms with Crippen molar-refractivity contribution in [1.29, 1.82) is 0 Å². The predicted octanol–water partition coefficient (Wildman–Crippen LogP) is 3.14. The van der Waals surface area contributed by atoms with Crippen molar-refractivity contribution in [1.82, 2.24) is 4.90 Å². The number of carbonyl (C=O) groups is 1. The summed E-state index contributed by atoms with van der Waals surface area (Å²) in [5.74, 6) is -0.120. The largest absolute Gasteiger partial charge is 0.450 e. The molecule has 0 unspecified atom stereocenters. The summed E-state index contributed by atoms with van der Waals surface area (Å²) in [6.07, 6.45) is 13.8. The summed E-state index contributed by atoms with van der Waals surface area (Å²) in [4.78, 5) is 15.7. The fraction of sp³-hybridized carbons (Fsp3) is 0.381. The van der Waals surface area contributed by atoms with Gasteiger partial charge in [0.05, 0.1) is 6.04 Å². The summed E-state index contributed by atoms with van der Waals surface area (Å²) in [5, 5.41) is 0. The number of hydrogen-bond donors (Lipinski definition) is 0. The van der Waals surface area contributed by atoms with Crippen molar-refractivity contribution < 1.29 is 9.53 Å². The second kappa shape index (κ2) is 4.93. The van der Waals surface area contributed by atoms with Gasteiger partial charge >= 0.3 is 5.97 Å². The van der Waals surface area contributed by atoms with E-state index in [0.717, 1.165) is 30.6 Å². The minimum atomic E-state index is -0.770. The van der Waals surface area contributed by atoms with Crippen LogP contribution in [0.4, 0.5) is 0 Å². The van der Waals surface area contributed by atoms with Crippen LogP contribution >= 0.6 is 0 Å². The molecule has 1 aromatic rings. The van der Waals surface area contributed by atoms with Crippen molar-refractivity contribution in [2.75, 3.05) is 13.1 Å². The van der Waals surface area contributed by atoms with Crippen LogP contribution in [-0.2, 0) is 14.9 Å². The van der Waals surface area contributed by atoms with Crippen LogP contribution in [0.2, 0.25) is 0 Å². The quantitative estimate of drug-likeness (QED) is 0.745. The van der Waals surface area contributed by atoms with Gasteiger partial charge < -0.3 is 4.74 Å². The fourth-order valence-corrected chi connectivity index (χ4v) is 5.03. The smallest absolute Gasteiger partial charge is 0.325 e. The maximum absolute atomic E-state index is 13.2. The normalized spacial score (nSPS) is 37.2. The molecule has 3 nitrogen and oxygen atoms in total. The van der Waals surface area contributed by atoms with Crippen molar-refractivity contribution in [3.63, 3.8) is 0 Å². The first-order valence-electron chi connectivity index (χ1n) is 8.87. The van der Waals surface area contributed by atoms with E-state index in [1.807, 2.05) is 54.6 Å². The molecule has 0 amide bonds. The van der Waals surface area contributed by atoms with Crippen molar-refractivity contribution in [2.24, 2.45) is 0 Å². The lowest BCUT2D eigenvalue weighted by molar-refractivity contribution is -0.180. The molecular weight excluding hydrogens is 298 g/mol. The second-order valence-electron chi connectivity index (χ2n) is 7.26. The highest BCUT2D eigenvalue weighted by atomic mass is 16.6. The lowest BCUT2D eigenvalue weighted by atomic mass is 9.64. The van der Waals surface area contributed by atoms with Crippen LogP contribution in [0.3, 0.4) is 0 Å². The third-order valence-corrected chi connectivity index (χ3v) is 6.13. The molecular formula is C21H21NO2. The highest BCUT2D eigenvalue weighted by Gasteiger charge is 2.69. The van der Waals surface area contributed by atoms with Crippen molar-refractivity contribution in [2.45, 2.75) is 36.3 Å². The molecule has 3 aliphatic heterocycles. The minimum absolute atomic E-state index is 0.120. The molecule has 1 aliphatic carbocycles. The van der Waals surface area contributed by atoms with Crippen molar-refractivity contribution in [3.05, 3.63) is 71.8 Å². The molecule has 0 saturated carbocycles. The number of rotatable bonds is 1. The van der Waals surface area contributed by atoms with Crippen LogP contribution in [-0.4, -0.2) is 35.6 Å². The van der Waals surface area contributed by atoms with Gasteiger partial charge in [0.15, 0.2) is 5.60 Å². The molecule has 4 aliphatic rings. The summed E-state index contributed by atoms with van der Waals surface area (Å²) >= 11 is 0. The summed E-state index contributed by atoms with van der Waals surface area (Å²) in [7, 11) is 0. The molecule has 24 heavy (non-hydrogen) atoms. The third-order valence-electron chi connectivity index (χ3n) is 6.13. The number of hydrogen-bond acceptors (Lipinski definition) is 3. The van der Waals surface area contributed by atoms with Gasteiger partial charge in [-0.3, -0.25) is 9.69 Å². The van der Waals surface area contributed by atoms with E-state index in [4.69, 9.17) is 4.74 Å². The van der Waals surface area contributed by atoms with Crippen LogP contribution in [0.5, 0.6) is 0 Å². The van der Waals surface area contributed by atoms with E-state index >= 15 is 0 Å². The topological polar surface area (TPSA) is 29.5 Å². The first kappa shape index (κ1) is 14.2. The first-order valence-corrected chi connectivity index (χ1v) is 8.87. The average molecular weight is 319 g/mol. The van der Waals surface area contributed by atoms with Gasteiger partial charge in [-0.25, -0.2) is 0 Å². The standard InChI is InChI=1S/C21H21NO2/c23-19-20(16-9-3-1-4-10-16)13-7-2-5-11-17(20)21(24-19)15-22-14-8-6-12-18(21)22/h1-5,7,9-11,13,18H,6,8,12,14-15H2/t18-,20-,21-/m0/s1. The summed E-state index contributed by atoms with van der Waals surface area (Å²) in [5.41, 5.74) is 0.924. The number of piperidine rings is 1. The molecule has 3 fully saturated rings. The van der Waals surface area contributed by atoms with Crippen LogP contribution in [0, 0.1) is 0 Å². The molecule has 0 bridgehead atoms. The number of allylic oxidation sites excluding steroid dienone is 4. The predicted molar refractivity (Wildman–Crippen MR) is 92.5 cm³/mol. The van der Waals surface area contributed by atoms with Crippen molar-refractivity contribution >= 4 is 5.97 Å². The van der Waals surface area contributed by atoms with Gasteiger partial charge in [-0.15, -0.1) is 0 Å². The molecule has 0 radical (unpaired) electrons. The zero-order chi connectivity index (χ0) is 16.2. The van der Waals surface area contributed by atoms with Crippen LogP contribution < -0.4 is 0 Å². The lowest BCUT2D eigenvalue weighted by Crippen LogP contribution is -2.71. The molecule has 1 aromatic carbocycles. The molecule has 0 N–H and O–H groups in total. The molecule has 122 valence electrons. The Morgan fingerprint density at radius 1 is 1.08 bits per heavy atom. The van der Waals surface area contributed by atoms with E-state index in [-0.39, 0.29) is 5.97 Å². The molecule has 0 aromatic heterocycles. The highest BCUT2D eigenvalue weighted by molar-refractivity contribution is 5.95. The average Bonchev–Trinajstić information content (AvgIpc) is 2.75. The zero-order valence-electron chi connectivity index (χ0n) is 13.7. The Bertz CT molecular complexity index is 778. The van der Waals surface area contributed by atoms with Crippen LogP contribution in [0.15, 0.2) is 66.3 Å². The first-order chi connectivity index (χ1) is 11.8. The van der Waals surface area contributed by atoms with Gasteiger partial charge in [-0.05, 0) is 24.9 Å². The zero-order valence-corrected chi connectivity index (χ0v) is 13.7. The molecule has 3 atom stereocenters. The van der Waals surface area contributed by atoms with E-state index in [0.29, 0.717) is 6.04 Å². The van der Waals surface area contributed by atoms with Crippen molar-refractivity contribution in [3.8, 4) is 0 Å². The highest BCUT2D eigenvalue weighted by Crippen LogP contribution is 2.57. The SMILES string of the molecule is O=C1O[C@@]2(CN3CCCC[C@H]32)C2=CC=CC=C[C@@]12c1ccccc1. The maximum atomic E-state index is 13.2. The Morgan fingerprint density at radius 2 is 1.96 bits per heavy atom. The van der Waals surface area contributed by atoms with Gasteiger partial charge in [-0.1, -0.05) is 67.1 Å². The van der Waals surface area contributed by atoms with Gasteiger partial charge in [-0.2, -0.15) is 0 Å². The summed E-state index contributed by atoms with van der Waals surface area (Å²) in [6.45, 7) is 1.97. The maximum Gasteiger partial charge on any atom is 0.325 e. The molecule has 3 saturated heterocycles. The van der Waals surface area contributed by atoms with E-state index in [1.165, 1.54) is 12.8 Å². The Balaban J connectivity index is 1.68. The van der Waals surface area contributed by atoms with Gasteiger partial charge in [0.25, 0.3) is 0 Å². The summed E-state index contributed by atoms with van der Waals surface area (Å²) in [6, 6.07) is 10.4. The van der Waals surface area contributed by atoms with Gasteiger partial charge in [0, 0.05) is 12.1 Å². The second-order valence-corrected chi connectivity index (χ2v) is 7.26. The molecule has 5 rings (SSSR count). The monoisotopic (exact) mass is 319 g/mol. The molecule has 3 heterocycles. The number of nitrogens with zero attached hydrogens (tertiary/aromatic N) is 1.